The highest BCUT2D eigenvalue weighted by molar-refractivity contribution is 5.79. The third kappa shape index (κ3) is 5.33. The van der Waals surface area contributed by atoms with Crippen LogP contribution in [0.1, 0.15) is 57.7 Å². The van der Waals surface area contributed by atoms with Gasteiger partial charge in [-0.25, -0.2) is 9.37 Å². The Hall–Kier alpha value is -2.38. The molecule has 0 spiro atoms. The number of carbonyl (C=O) groups excluding carboxylic acids is 1. The summed E-state index contributed by atoms with van der Waals surface area (Å²) in [4.78, 5) is 26.4. The molecule has 2 fully saturated rings. The van der Waals surface area contributed by atoms with Crippen molar-refractivity contribution in [1.29, 1.82) is 0 Å². The van der Waals surface area contributed by atoms with E-state index in [0.29, 0.717) is 49.2 Å². The first kappa shape index (κ1) is 22.8. The fraction of sp³-hybridized carbons (Fsp3) is 0.560. The van der Waals surface area contributed by atoms with Gasteiger partial charge in [-0.3, -0.25) is 14.7 Å². The molecule has 4 rings (SSSR count). The molecule has 1 aromatic heterocycles. The number of aromatic nitrogens is 2. The number of rotatable bonds is 6. The zero-order chi connectivity index (χ0) is 22.5. The first-order chi connectivity index (χ1) is 15.5. The second-order valence-electron chi connectivity index (χ2n) is 9.09. The normalized spacial score (nSPS) is 20.4. The van der Waals surface area contributed by atoms with E-state index in [2.05, 4.69) is 33.6 Å². The van der Waals surface area contributed by atoms with Crippen LogP contribution >= 0.6 is 0 Å². The van der Waals surface area contributed by atoms with Gasteiger partial charge >= 0.3 is 0 Å². The lowest BCUT2D eigenvalue weighted by atomic mass is 9.93. The minimum Gasteiger partial charge on any atom is -0.369 e. The van der Waals surface area contributed by atoms with E-state index in [1.807, 2.05) is 0 Å². The molecule has 0 bridgehead atoms. The van der Waals surface area contributed by atoms with Crippen LogP contribution in [0, 0.1) is 5.82 Å². The van der Waals surface area contributed by atoms with Gasteiger partial charge in [0.1, 0.15) is 11.9 Å². The molecule has 2 heterocycles. The van der Waals surface area contributed by atoms with E-state index < -0.39 is 0 Å². The van der Waals surface area contributed by atoms with Crippen LogP contribution in [0.4, 0.5) is 4.39 Å². The maximum Gasteiger partial charge on any atom is 0.237 e. The number of halogens is 1. The molecule has 2 aliphatic rings. The predicted molar refractivity (Wildman–Crippen MR) is 121 cm³/mol. The standard InChI is InChI=1S/C25H33FN4O2/c1-18(2)30(19-8-4-3-5-9-19)25(31)17-29-12-13-32-24(16-29)23-15-27-14-22(28-23)20-10-6-7-11-21(20)26/h6-7,10-11,14-15,18-19,24H,3-5,8-9,12-13,16-17H2,1-2H3/t24-/m1/s1. The van der Waals surface area contributed by atoms with Gasteiger partial charge in [0.25, 0.3) is 0 Å². The zero-order valence-corrected chi connectivity index (χ0v) is 19.0. The van der Waals surface area contributed by atoms with Gasteiger partial charge in [0.05, 0.1) is 36.9 Å². The average molecular weight is 441 g/mol. The Bertz CT molecular complexity index is 916. The lowest BCUT2D eigenvalue weighted by molar-refractivity contribution is -0.139. The van der Waals surface area contributed by atoms with Crippen molar-refractivity contribution in [2.75, 3.05) is 26.2 Å². The number of ether oxygens (including phenoxy) is 1. The van der Waals surface area contributed by atoms with Gasteiger partial charge in [-0.15, -0.1) is 0 Å². The lowest BCUT2D eigenvalue weighted by Gasteiger charge is -2.39. The van der Waals surface area contributed by atoms with Gasteiger partial charge in [-0.2, -0.15) is 0 Å². The molecule has 32 heavy (non-hydrogen) atoms. The van der Waals surface area contributed by atoms with Crippen molar-refractivity contribution in [2.24, 2.45) is 0 Å². The van der Waals surface area contributed by atoms with Crippen molar-refractivity contribution < 1.29 is 13.9 Å². The zero-order valence-electron chi connectivity index (χ0n) is 19.0. The third-order valence-corrected chi connectivity index (χ3v) is 6.45. The quantitative estimate of drug-likeness (QED) is 0.673. The van der Waals surface area contributed by atoms with Crippen molar-refractivity contribution in [3.63, 3.8) is 0 Å². The molecule has 1 saturated carbocycles. The van der Waals surface area contributed by atoms with Gasteiger partial charge < -0.3 is 9.64 Å². The van der Waals surface area contributed by atoms with Crippen LogP contribution in [-0.4, -0.2) is 64.0 Å². The van der Waals surface area contributed by atoms with Crippen LogP contribution in [0.5, 0.6) is 0 Å². The highest BCUT2D eigenvalue weighted by atomic mass is 19.1. The van der Waals surface area contributed by atoms with E-state index >= 15 is 0 Å². The number of benzene rings is 1. The summed E-state index contributed by atoms with van der Waals surface area (Å²) in [6.45, 7) is 6.40. The van der Waals surface area contributed by atoms with E-state index in [4.69, 9.17) is 4.74 Å². The third-order valence-electron chi connectivity index (χ3n) is 6.45. The molecule has 7 heteroatoms. The Labute approximate surface area is 189 Å². The van der Waals surface area contributed by atoms with E-state index in [9.17, 15) is 9.18 Å². The predicted octanol–water partition coefficient (Wildman–Crippen LogP) is 4.23. The van der Waals surface area contributed by atoms with Crippen molar-refractivity contribution in [3.05, 3.63) is 48.2 Å². The molecule has 1 amide bonds. The van der Waals surface area contributed by atoms with E-state index in [1.54, 1.807) is 30.6 Å². The Morgan fingerprint density at radius 3 is 2.75 bits per heavy atom. The number of hydrogen-bond donors (Lipinski definition) is 0. The van der Waals surface area contributed by atoms with Gasteiger partial charge in [-0.05, 0) is 38.8 Å². The summed E-state index contributed by atoms with van der Waals surface area (Å²) >= 11 is 0. The highest BCUT2D eigenvalue weighted by Gasteiger charge is 2.31. The summed E-state index contributed by atoms with van der Waals surface area (Å²) < 4.78 is 20.2. The molecule has 1 aliphatic heterocycles. The monoisotopic (exact) mass is 440 g/mol. The Morgan fingerprint density at radius 1 is 1.22 bits per heavy atom. The second kappa shape index (κ2) is 10.5. The molecule has 1 atom stereocenters. The Morgan fingerprint density at radius 2 is 2.00 bits per heavy atom. The summed E-state index contributed by atoms with van der Waals surface area (Å²) in [5.74, 6) is -0.133. The van der Waals surface area contributed by atoms with E-state index in [1.165, 1.54) is 25.3 Å². The van der Waals surface area contributed by atoms with Crippen molar-refractivity contribution in [3.8, 4) is 11.3 Å². The largest absolute Gasteiger partial charge is 0.369 e. The summed E-state index contributed by atoms with van der Waals surface area (Å²) in [6.07, 6.45) is 8.84. The lowest BCUT2D eigenvalue weighted by Crippen LogP contribution is -2.51. The second-order valence-corrected chi connectivity index (χ2v) is 9.09. The maximum atomic E-state index is 14.2. The summed E-state index contributed by atoms with van der Waals surface area (Å²) in [7, 11) is 0. The topological polar surface area (TPSA) is 58.6 Å². The van der Waals surface area contributed by atoms with Gasteiger partial charge in [0.15, 0.2) is 0 Å². The first-order valence-corrected chi connectivity index (χ1v) is 11.7. The molecule has 0 unspecified atom stereocenters. The van der Waals surface area contributed by atoms with Gasteiger partial charge in [-0.1, -0.05) is 31.4 Å². The molecule has 6 nitrogen and oxygen atoms in total. The van der Waals surface area contributed by atoms with E-state index in [-0.39, 0.29) is 23.9 Å². The molecule has 172 valence electrons. The van der Waals surface area contributed by atoms with E-state index in [0.717, 1.165) is 12.8 Å². The van der Waals surface area contributed by atoms with Gasteiger partial charge in [0, 0.05) is 30.7 Å². The number of carbonyl (C=O) groups is 1. The highest BCUT2D eigenvalue weighted by Crippen LogP contribution is 2.27. The van der Waals surface area contributed by atoms with Crippen LogP contribution in [0.15, 0.2) is 36.7 Å². The number of morpholine rings is 1. The fourth-order valence-electron chi connectivity index (χ4n) is 4.91. The molecule has 1 aromatic carbocycles. The van der Waals surface area contributed by atoms with Gasteiger partial charge in [0.2, 0.25) is 5.91 Å². The number of amides is 1. The van der Waals surface area contributed by atoms with Crippen molar-refractivity contribution in [2.45, 2.75) is 64.1 Å². The minimum atomic E-state index is -0.327. The van der Waals surface area contributed by atoms with Crippen LogP contribution < -0.4 is 0 Å². The minimum absolute atomic E-state index is 0.193. The maximum absolute atomic E-state index is 14.2. The molecular weight excluding hydrogens is 407 g/mol. The Kier molecular flexibility index (Phi) is 7.48. The van der Waals surface area contributed by atoms with Crippen LogP contribution in [0.3, 0.4) is 0 Å². The fourth-order valence-corrected chi connectivity index (χ4v) is 4.91. The molecular formula is C25H33FN4O2. The molecule has 2 aromatic rings. The number of hydrogen-bond acceptors (Lipinski definition) is 5. The summed E-state index contributed by atoms with van der Waals surface area (Å²) in [5.41, 5.74) is 1.57. The molecule has 1 aliphatic carbocycles. The summed E-state index contributed by atoms with van der Waals surface area (Å²) in [5, 5.41) is 0. The van der Waals surface area contributed by atoms with Crippen LogP contribution in [0.25, 0.3) is 11.3 Å². The SMILES string of the molecule is CC(C)N(C(=O)CN1CCO[C@@H](c2cncc(-c3ccccc3F)n2)C1)C1CCCCC1. The van der Waals surface area contributed by atoms with Crippen LogP contribution in [-0.2, 0) is 9.53 Å². The van der Waals surface area contributed by atoms with Crippen molar-refractivity contribution >= 4 is 5.91 Å². The molecule has 0 radical (unpaired) electrons. The number of nitrogens with zero attached hydrogens (tertiary/aromatic N) is 4. The molecule has 1 saturated heterocycles. The average Bonchev–Trinajstić information content (AvgIpc) is 2.80. The summed E-state index contributed by atoms with van der Waals surface area (Å²) in [6, 6.07) is 7.11. The first-order valence-electron chi connectivity index (χ1n) is 11.7. The van der Waals surface area contributed by atoms with Crippen molar-refractivity contribution in [1.82, 2.24) is 19.8 Å². The Balaban J connectivity index is 1.44. The molecule has 0 N–H and O–H groups in total. The van der Waals surface area contributed by atoms with Crippen LogP contribution in [0.2, 0.25) is 0 Å². The smallest absolute Gasteiger partial charge is 0.237 e.